The van der Waals surface area contributed by atoms with Gasteiger partial charge in [-0.1, -0.05) is 30.3 Å². The van der Waals surface area contributed by atoms with Crippen LogP contribution in [0.25, 0.3) is 0 Å². The molecule has 0 amide bonds. The molecule has 0 spiro atoms. The Hall–Kier alpha value is -3.07. The fraction of sp³-hybridized carbons (Fsp3) is 0.0952. The van der Waals surface area contributed by atoms with Gasteiger partial charge in [-0.25, -0.2) is 0 Å². The fourth-order valence-electron chi connectivity index (χ4n) is 2.10. The van der Waals surface area contributed by atoms with Gasteiger partial charge in [-0.2, -0.15) is 0 Å². The number of hydrogen-bond donors (Lipinski definition) is 1. The van der Waals surface area contributed by atoms with Crippen LogP contribution in [-0.2, 0) is 0 Å². The van der Waals surface area contributed by atoms with Crippen LogP contribution in [0.3, 0.4) is 0 Å². The molecule has 0 fully saturated rings. The number of phenolic OH excluding ortho intramolecular Hbond substituents is 1. The summed E-state index contributed by atoms with van der Waals surface area (Å²) in [6.07, 6.45) is 0.833. The summed E-state index contributed by atoms with van der Waals surface area (Å²) >= 11 is 0. The molecule has 3 nitrogen and oxygen atoms in total. The normalized spacial score (nSPS) is 9.58. The number of rotatable bonds is 3. The molecule has 3 aromatic carbocycles. The number of phenols is 1. The Labute approximate surface area is 142 Å². The number of aryl methyl sites for hydroxylation is 2. The zero-order chi connectivity index (χ0) is 17.4. The van der Waals surface area contributed by atoms with E-state index in [2.05, 4.69) is 0 Å². The largest absolute Gasteiger partial charge is 0.508 e. The van der Waals surface area contributed by atoms with E-state index in [1.807, 2.05) is 68.4 Å². The van der Waals surface area contributed by atoms with Crippen molar-refractivity contribution in [3.63, 3.8) is 0 Å². The quantitative estimate of drug-likeness (QED) is 0.666. The summed E-state index contributed by atoms with van der Waals surface area (Å²) < 4.78 is 5.69. The number of benzene rings is 3. The van der Waals surface area contributed by atoms with E-state index in [1.165, 1.54) is 0 Å². The molecule has 0 aliphatic rings. The highest BCUT2D eigenvalue weighted by molar-refractivity contribution is 5.75. The number of aromatic hydroxyl groups is 1. The zero-order valence-electron chi connectivity index (χ0n) is 13.8. The van der Waals surface area contributed by atoms with Crippen LogP contribution in [0.4, 0.5) is 0 Å². The lowest BCUT2D eigenvalue weighted by Gasteiger charge is -2.08. The molecule has 0 heterocycles. The van der Waals surface area contributed by atoms with Crippen LogP contribution in [0.2, 0.25) is 0 Å². The first-order chi connectivity index (χ1) is 11.6. The molecule has 24 heavy (non-hydrogen) atoms. The average molecular weight is 320 g/mol. The first-order valence-electron chi connectivity index (χ1n) is 7.63. The molecule has 0 saturated heterocycles. The monoisotopic (exact) mass is 320 g/mol. The molecule has 3 aromatic rings. The van der Waals surface area contributed by atoms with E-state index in [9.17, 15) is 4.79 Å². The summed E-state index contributed by atoms with van der Waals surface area (Å²) in [6, 6.07) is 22.1. The van der Waals surface area contributed by atoms with Crippen molar-refractivity contribution < 1.29 is 14.6 Å². The molecular formula is C21H20O3. The second-order valence-corrected chi connectivity index (χ2v) is 5.40. The van der Waals surface area contributed by atoms with Gasteiger partial charge in [0.2, 0.25) is 0 Å². The van der Waals surface area contributed by atoms with Gasteiger partial charge in [0, 0.05) is 5.56 Å². The minimum atomic E-state index is 0.338. The second-order valence-electron chi connectivity index (χ2n) is 5.40. The molecule has 122 valence electrons. The molecule has 0 bridgehead atoms. The Kier molecular flexibility index (Phi) is 6.15. The molecule has 0 radical (unpaired) electrons. The first-order valence-corrected chi connectivity index (χ1v) is 7.63. The molecule has 0 aliphatic heterocycles. The predicted octanol–water partition coefficient (Wildman–Crippen LogP) is 5.30. The zero-order valence-corrected chi connectivity index (χ0v) is 13.8. The third-order valence-electron chi connectivity index (χ3n) is 3.31. The van der Waals surface area contributed by atoms with E-state index < -0.39 is 0 Å². The SMILES string of the molecule is Cc1cc(C=O)ccc1Oc1ccccc1.Cc1cccc(O)c1. The molecule has 1 N–H and O–H groups in total. The van der Waals surface area contributed by atoms with E-state index in [-0.39, 0.29) is 0 Å². The van der Waals surface area contributed by atoms with Crippen molar-refractivity contribution in [3.8, 4) is 17.2 Å². The lowest BCUT2D eigenvalue weighted by Crippen LogP contribution is -1.89. The summed E-state index contributed by atoms with van der Waals surface area (Å²) in [5.41, 5.74) is 2.70. The molecule has 3 rings (SSSR count). The minimum absolute atomic E-state index is 0.338. The Morgan fingerprint density at radius 1 is 0.875 bits per heavy atom. The summed E-state index contributed by atoms with van der Waals surface area (Å²) in [5.74, 6) is 1.91. The van der Waals surface area contributed by atoms with E-state index >= 15 is 0 Å². The number of carbonyl (C=O) groups excluding carboxylic acids is 1. The summed E-state index contributed by atoms with van der Waals surface area (Å²) in [4.78, 5) is 10.6. The van der Waals surface area contributed by atoms with Crippen molar-refractivity contribution in [2.75, 3.05) is 0 Å². The Morgan fingerprint density at radius 2 is 1.62 bits per heavy atom. The molecule has 0 atom stereocenters. The minimum Gasteiger partial charge on any atom is -0.508 e. The molecular weight excluding hydrogens is 300 g/mol. The number of carbonyl (C=O) groups is 1. The van der Waals surface area contributed by atoms with Crippen molar-refractivity contribution >= 4 is 6.29 Å². The van der Waals surface area contributed by atoms with Gasteiger partial charge in [-0.3, -0.25) is 4.79 Å². The number of hydrogen-bond acceptors (Lipinski definition) is 3. The van der Waals surface area contributed by atoms with Crippen molar-refractivity contribution in [1.29, 1.82) is 0 Å². The van der Waals surface area contributed by atoms with Crippen molar-refractivity contribution in [2.45, 2.75) is 13.8 Å². The van der Waals surface area contributed by atoms with Gasteiger partial charge in [-0.15, -0.1) is 0 Å². The highest BCUT2D eigenvalue weighted by Crippen LogP contribution is 2.24. The van der Waals surface area contributed by atoms with Crippen LogP contribution < -0.4 is 4.74 Å². The highest BCUT2D eigenvalue weighted by atomic mass is 16.5. The lowest BCUT2D eigenvalue weighted by molar-refractivity contribution is 0.112. The number of para-hydroxylation sites is 1. The molecule has 3 heteroatoms. The fourth-order valence-corrected chi connectivity index (χ4v) is 2.10. The van der Waals surface area contributed by atoms with Gasteiger partial charge >= 0.3 is 0 Å². The van der Waals surface area contributed by atoms with Gasteiger partial charge in [-0.05, 0) is 67.4 Å². The van der Waals surface area contributed by atoms with Crippen LogP contribution >= 0.6 is 0 Å². The van der Waals surface area contributed by atoms with Crippen LogP contribution in [0.15, 0.2) is 72.8 Å². The van der Waals surface area contributed by atoms with Crippen LogP contribution in [0.1, 0.15) is 21.5 Å². The van der Waals surface area contributed by atoms with Crippen molar-refractivity contribution in [3.05, 3.63) is 89.5 Å². The van der Waals surface area contributed by atoms with Gasteiger partial charge in [0.25, 0.3) is 0 Å². The Morgan fingerprint density at radius 3 is 2.17 bits per heavy atom. The van der Waals surface area contributed by atoms with Crippen LogP contribution in [0, 0.1) is 13.8 Å². The smallest absolute Gasteiger partial charge is 0.150 e. The third kappa shape index (κ3) is 5.29. The highest BCUT2D eigenvalue weighted by Gasteiger charge is 2.01. The van der Waals surface area contributed by atoms with Gasteiger partial charge in [0.15, 0.2) is 0 Å². The standard InChI is InChI=1S/C14H12O2.C7H8O/c1-11-9-12(10-15)7-8-14(11)16-13-5-3-2-4-6-13;1-6-3-2-4-7(8)5-6/h2-10H,1H3;2-5,8H,1H3. The van der Waals surface area contributed by atoms with E-state index in [0.717, 1.165) is 28.9 Å². The lowest BCUT2D eigenvalue weighted by atomic mass is 10.1. The predicted molar refractivity (Wildman–Crippen MR) is 95.9 cm³/mol. The van der Waals surface area contributed by atoms with Gasteiger partial charge in [0.1, 0.15) is 23.5 Å². The second kappa shape index (κ2) is 8.53. The van der Waals surface area contributed by atoms with Gasteiger partial charge < -0.3 is 9.84 Å². The van der Waals surface area contributed by atoms with Crippen molar-refractivity contribution in [2.24, 2.45) is 0 Å². The molecule has 0 unspecified atom stereocenters. The number of ether oxygens (including phenoxy) is 1. The number of aldehydes is 1. The molecule has 0 aliphatic carbocycles. The van der Waals surface area contributed by atoms with Crippen molar-refractivity contribution in [1.82, 2.24) is 0 Å². The summed E-state index contributed by atoms with van der Waals surface area (Å²) in [5, 5.41) is 8.81. The van der Waals surface area contributed by atoms with E-state index in [4.69, 9.17) is 9.84 Å². The Balaban J connectivity index is 0.000000219. The van der Waals surface area contributed by atoms with Crippen LogP contribution in [0.5, 0.6) is 17.2 Å². The first kappa shape index (κ1) is 17.3. The van der Waals surface area contributed by atoms with Gasteiger partial charge in [0.05, 0.1) is 0 Å². The van der Waals surface area contributed by atoms with Crippen LogP contribution in [-0.4, -0.2) is 11.4 Å². The maximum absolute atomic E-state index is 10.6. The molecule has 0 saturated carbocycles. The third-order valence-corrected chi connectivity index (χ3v) is 3.31. The maximum Gasteiger partial charge on any atom is 0.150 e. The topological polar surface area (TPSA) is 46.5 Å². The summed E-state index contributed by atoms with van der Waals surface area (Å²) in [6.45, 7) is 3.87. The molecule has 0 aromatic heterocycles. The van der Waals surface area contributed by atoms with E-state index in [0.29, 0.717) is 11.3 Å². The summed E-state index contributed by atoms with van der Waals surface area (Å²) in [7, 11) is 0. The Bertz CT molecular complexity index is 778. The average Bonchev–Trinajstić information content (AvgIpc) is 2.58. The maximum atomic E-state index is 10.6. The van der Waals surface area contributed by atoms with E-state index in [1.54, 1.807) is 18.2 Å².